The minimum Gasteiger partial charge on any atom is -0.490 e. The van der Waals surface area contributed by atoms with Crippen LogP contribution in [0.25, 0.3) is 0 Å². The third-order valence-electron chi connectivity index (χ3n) is 3.27. The first-order chi connectivity index (χ1) is 12.6. The maximum Gasteiger partial charge on any atom is 0.211 e. The van der Waals surface area contributed by atoms with E-state index in [1.54, 1.807) is 6.21 Å². The lowest BCUT2D eigenvalue weighted by Crippen LogP contribution is -2.21. The van der Waals surface area contributed by atoms with Crippen molar-refractivity contribution in [3.8, 4) is 17.2 Å². The molecule has 26 heavy (non-hydrogen) atoms. The SMILES string of the molecule is CCOc1ccc(COc2ccc(C=NN=C(N)N)cc2)cc1OCC. The maximum atomic E-state index is 5.81. The van der Waals surface area contributed by atoms with Gasteiger partial charge in [0.1, 0.15) is 12.4 Å². The van der Waals surface area contributed by atoms with Gasteiger partial charge in [-0.2, -0.15) is 5.10 Å². The minimum atomic E-state index is -0.0806. The second kappa shape index (κ2) is 9.93. The summed E-state index contributed by atoms with van der Waals surface area (Å²) in [7, 11) is 0. The quantitative estimate of drug-likeness (QED) is 0.408. The zero-order valence-electron chi connectivity index (χ0n) is 15.0. The highest BCUT2D eigenvalue weighted by atomic mass is 16.5. The topological polar surface area (TPSA) is 104 Å². The van der Waals surface area contributed by atoms with Crippen LogP contribution < -0.4 is 25.7 Å². The first kappa shape index (κ1) is 19.1. The summed E-state index contributed by atoms with van der Waals surface area (Å²) < 4.78 is 17.0. The standard InChI is InChI=1S/C19H24N4O3/c1-3-24-17-10-7-15(11-18(17)25-4-2)13-26-16-8-5-14(6-9-16)12-22-23-19(20)21/h5-12H,3-4,13H2,1-2H3,(H4,20,21,23). The van der Waals surface area contributed by atoms with Gasteiger partial charge in [0.25, 0.3) is 0 Å². The van der Waals surface area contributed by atoms with Crippen LogP contribution in [0.4, 0.5) is 0 Å². The Balaban J connectivity index is 1.98. The molecule has 0 aliphatic carbocycles. The van der Waals surface area contributed by atoms with Crippen LogP contribution >= 0.6 is 0 Å². The van der Waals surface area contributed by atoms with Gasteiger partial charge in [-0.05, 0) is 61.4 Å². The summed E-state index contributed by atoms with van der Waals surface area (Å²) in [6, 6.07) is 13.2. The summed E-state index contributed by atoms with van der Waals surface area (Å²) in [5, 5.41) is 7.31. The molecule has 0 amide bonds. The van der Waals surface area contributed by atoms with Crippen LogP contribution in [-0.4, -0.2) is 25.4 Å². The number of hydrogen-bond acceptors (Lipinski definition) is 5. The van der Waals surface area contributed by atoms with Gasteiger partial charge in [-0.1, -0.05) is 6.07 Å². The maximum absolute atomic E-state index is 5.81. The molecule has 0 spiro atoms. The largest absolute Gasteiger partial charge is 0.490 e. The Morgan fingerprint density at radius 1 is 0.923 bits per heavy atom. The number of rotatable bonds is 9. The van der Waals surface area contributed by atoms with Crippen molar-refractivity contribution in [3.05, 3.63) is 53.6 Å². The Hall–Kier alpha value is -3.22. The summed E-state index contributed by atoms with van der Waals surface area (Å²) in [6.45, 7) is 5.48. The summed E-state index contributed by atoms with van der Waals surface area (Å²) in [4.78, 5) is 0. The zero-order valence-corrected chi connectivity index (χ0v) is 15.0. The summed E-state index contributed by atoms with van der Waals surface area (Å²) in [5.41, 5.74) is 12.3. The second-order valence-electron chi connectivity index (χ2n) is 5.27. The van der Waals surface area contributed by atoms with Gasteiger partial charge >= 0.3 is 0 Å². The van der Waals surface area contributed by atoms with Gasteiger partial charge in [-0.25, -0.2) is 0 Å². The number of benzene rings is 2. The third-order valence-corrected chi connectivity index (χ3v) is 3.27. The average molecular weight is 356 g/mol. The van der Waals surface area contributed by atoms with Crippen LogP contribution in [0.1, 0.15) is 25.0 Å². The molecule has 138 valence electrons. The monoisotopic (exact) mass is 356 g/mol. The van der Waals surface area contributed by atoms with Gasteiger partial charge in [0.15, 0.2) is 11.5 Å². The van der Waals surface area contributed by atoms with Crippen molar-refractivity contribution < 1.29 is 14.2 Å². The van der Waals surface area contributed by atoms with Crippen molar-refractivity contribution in [1.82, 2.24) is 0 Å². The fourth-order valence-electron chi connectivity index (χ4n) is 2.16. The van der Waals surface area contributed by atoms with Crippen LogP contribution in [0, 0.1) is 0 Å². The molecule has 0 saturated heterocycles. The molecule has 2 rings (SSSR count). The Labute approximate surface area is 153 Å². The highest BCUT2D eigenvalue weighted by Crippen LogP contribution is 2.29. The Morgan fingerprint density at radius 3 is 2.27 bits per heavy atom. The van der Waals surface area contributed by atoms with Crippen molar-refractivity contribution in [2.75, 3.05) is 13.2 Å². The molecule has 7 nitrogen and oxygen atoms in total. The minimum absolute atomic E-state index is 0.0806. The molecule has 0 aliphatic heterocycles. The lowest BCUT2D eigenvalue weighted by atomic mass is 10.2. The molecule has 0 atom stereocenters. The predicted molar refractivity (Wildman–Crippen MR) is 103 cm³/mol. The number of guanidine groups is 1. The Morgan fingerprint density at radius 2 is 1.62 bits per heavy atom. The van der Waals surface area contributed by atoms with Crippen molar-refractivity contribution >= 4 is 12.2 Å². The summed E-state index contributed by atoms with van der Waals surface area (Å²) in [6.07, 6.45) is 1.56. The van der Waals surface area contributed by atoms with Gasteiger partial charge in [0.2, 0.25) is 5.96 Å². The van der Waals surface area contributed by atoms with E-state index in [0.29, 0.717) is 19.8 Å². The first-order valence-electron chi connectivity index (χ1n) is 8.35. The van der Waals surface area contributed by atoms with E-state index in [4.69, 9.17) is 25.7 Å². The Kier molecular flexibility index (Phi) is 7.30. The van der Waals surface area contributed by atoms with E-state index in [0.717, 1.165) is 28.4 Å². The lowest BCUT2D eigenvalue weighted by molar-refractivity contribution is 0.283. The molecule has 0 radical (unpaired) electrons. The van der Waals surface area contributed by atoms with Crippen LogP contribution in [-0.2, 0) is 6.61 Å². The summed E-state index contributed by atoms with van der Waals surface area (Å²) in [5.74, 6) is 2.13. The van der Waals surface area contributed by atoms with E-state index in [-0.39, 0.29) is 5.96 Å². The van der Waals surface area contributed by atoms with Crippen LogP contribution in [0.15, 0.2) is 52.7 Å². The highest BCUT2D eigenvalue weighted by molar-refractivity contribution is 5.81. The zero-order chi connectivity index (χ0) is 18.8. The normalized spacial score (nSPS) is 10.5. The van der Waals surface area contributed by atoms with Crippen LogP contribution in [0.2, 0.25) is 0 Å². The molecular weight excluding hydrogens is 332 g/mol. The number of hydrogen-bond donors (Lipinski definition) is 2. The fraction of sp³-hybridized carbons (Fsp3) is 0.263. The van der Waals surface area contributed by atoms with Gasteiger partial charge < -0.3 is 25.7 Å². The van der Waals surface area contributed by atoms with Crippen molar-refractivity contribution in [2.24, 2.45) is 21.7 Å². The summed E-state index contributed by atoms with van der Waals surface area (Å²) >= 11 is 0. The molecule has 2 aromatic carbocycles. The van der Waals surface area contributed by atoms with Crippen LogP contribution in [0.5, 0.6) is 17.2 Å². The van der Waals surface area contributed by atoms with E-state index < -0.39 is 0 Å². The molecule has 4 N–H and O–H groups in total. The fourth-order valence-corrected chi connectivity index (χ4v) is 2.16. The van der Waals surface area contributed by atoms with Gasteiger partial charge in [0.05, 0.1) is 19.4 Å². The molecule has 7 heteroatoms. The first-order valence-corrected chi connectivity index (χ1v) is 8.35. The number of ether oxygens (including phenoxy) is 3. The molecule has 2 aromatic rings. The van der Waals surface area contributed by atoms with E-state index in [1.807, 2.05) is 56.3 Å². The Bertz CT molecular complexity index is 754. The van der Waals surface area contributed by atoms with Crippen molar-refractivity contribution in [1.29, 1.82) is 0 Å². The molecule has 0 bridgehead atoms. The lowest BCUT2D eigenvalue weighted by Gasteiger charge is -2.13. The van der Waals surface area contributed by atoms with Gasteiger partial charge in [0, 0.05) is 0 Å². The third kappa shape index (κ3) is 6.01. The van der Waals surface area contributed by atoms with Crippen LogP contribution in [0.3, 0.4) is 0 Å². The highest BCUT2D eigenvalue weighted by Gasteiger charge is 2.06. The molecule has 0 saturated carbocycles. The molecular formula is C19H24N4O3. The van der Waals surface area contributed by atoms with E-state index in [2.05, 4.69) is 10.2 Å². The molecule has 0 unspecified atom stereocenters. The number of nitrogens with zero attached hydrogens (tertiary/aromatic N) is 2. The van der Waals surface area contributed by atoms with E-state index >= 15 is 0 Å². The van der Waals surface area contributed by atoms with Crippen molar-refractivity contribution in [2.45, 2.75) is 20.5 Å². The van der Waals surface area contributed by atoms with Gasteiger partial charge in [-0.3, -0.25) is 0 Å². The predicted octanol–water partition coefficient (Wildman–Crippen LogP) is 2.67. The van der Waals surface area contributed by atoms with Gasteiger partial charge in [-0.15, -0.1) is 5.10 Å². The molecule has 0 aliphatic rings. The molecule has 0 heterocycles. The molecule has 0 aromatic heterocycles. The second-order valence-corrected chi connectivity index (χ2v) is 5.27. The average Bonchev–Trinajstić information content (AvgIpc) is 2.63. The van der Waals surface area contributed by atoms with E-state index in [1.165, 1.54) is 0 Å². The smallest absolute Gasteiger partial charge is 0.211 e. The number of nitrogens with two attached hydrogens (primary N) is 2. The van der Waals surface area contributed by atoms with E-state index in [9.17, 15) is 0 Å². The van der Waals surface area contributed by atoms with Crippen molar-refractivity contribution in [3.63, 3.8) is 0 Å². The molecule has 0 fully saturated rings.